The molecule has 1 saturated heterocycles. The molecule has 1 aliphatic rings. The number of para-hydroxylation sites is 1. The van der Waals surface area contributed by atoms with E-state index in [0.29, 0.717) is 12.6 Å². The first-order chi connectivity index (χ1) is 12.0. The molecular formula is C21H29N3O. The van der Waals surface area contributed by atoms with Gasteiger partial charge < -0.3 is 9.47 Å². The number of aryl methyl sites for hydroxylation is 1. The normalized spacial score (nSPS) is 16.5. The minimum absolute atomic E-state index is 0.235. The number of carbonyl (C=O) groups is 1. The predicted molar refractivity (Wildman–Crippen MR) is 103 cm³/mol. The second-order valence-corrected chi connectivity index (χ2v) is 7.35. The van der Waals surface area contributed by atoms with Crippen molar-refractivity contribution in [3.63, 3.8) is 0 Å². The largest absolute Gasteiger partial charge is 0.318 e. The average molecular weight is 339 g/mol. The van der Waals surface area contributed by atoms with Gasteiger partial charge in [0.2, 0.25) is 0 Å². The Labute approximate surface area is 151 Å². The third kappa shape index (κ3) is 3.86. The molecule has 1 aromatic carbocycles. The van der Waals surface area contributed by atoms with Gasteiger partial charge in [-0.05, 0) is 59.0 Å². The van der Waals surface area contributed by atoms with Gasteiger partial charge in [0, 0.05) is 41.8 Å². The maximum Gasteiger partial charge on any atom is 0.178 e. The molecule has 1 aromatic heterocycles. The lowest BCUT2D eigenvalue weighted by molar-refractivity contribution is 0.0873. The first-order valence-corrected chi connectivity index (χ1v) is 9.13. The summed E-state index contributed by atoms with van der Waals surface area (Å²) in [7, 11) is 4.29. The smallest absolute Gasteiger partial charge is 0.178 e. The Morgan fingerprint density at radius 1 is 1.12 bits per heavy atom. The summed E-state index contributed by atoms with van der Waals surface area (Å²) in [5.41, 5.74) is 4.12. The topological polar surface area (TPSA) is 28.5 Å². The van der Waals surface area contributed by atoms with E-state index in [-0.39, 0.29) is 5.78 Å². The number of rotatable bonds is 5. The van der Waals surface area contributed by atoms with Gasteiger partial charge in [0.25, 0.3) is 0 Å². The van der Waals surface area contributed by atoms with E-state index in [1.165, 1.54) is 0 Å². The van der Waals surface area contributed by atoms with Crippen LogP contribution >= 0.6 is 0 Å². The second-order valence-electron chi connectivity index (χ2n) is 7.35. The number of hydrogen-bond acceptors (Lipinski definition) is 3. The van der Waals surface area contributed by atoms with E-state index < -0.39 is 0 Å². The third-order valence-corrected chi connectivity index (χ3v) is 5.40. The number of ketones is 1. The van der Waals surface area contributed by atoms with Crippen LogP contribution in [0.4, 0.5) is 0 Å². The molecule has 2 aromatic rings. The molecule has 1 fully saturated rings. The molecule has 2 heterocycles. The highest BCUT2D eigenvalue weighted by Crippen LogP contribution is 2.22. The van der Waals surface area contributed by atoms with E-state index in [1.807, 2.05) is 31.2 Å². The Balaban J connectivity index is 1.72. The van der Waals surface area contributed by atoms with Crippen LogP contribution in [0.15, 0.2) is 36.4 Å². The van der Waals surface area contributed by atoms with Gasteiger partial charge >= 0.3 is 0 Å². The van der Waals surface area contributed by atoms with Crippen LogP contribution in [-0.2, 0) is 0 Å². The molecule has 3 rings (SSSR count). The first kappa shape index (κ1) is 17.9. The Bertz CT molecular complexity index is 725. The van der Waals surface area contributed by atoms with Crippen LogP contribution in [0.5, 0.6) is 0 Å². The SMILES string of the molecule is Cc1cc(C(=O)CN2CCC(N(C)C)CC2)c(C)n1-c1ccccc1. The highest BCUT2D eigenvalue weighted by Gasteiger charge is 2.24. The minimum Gasteiger partial charge on any atom is -0.318 e. The number of benzene rings is 1. The van der Waals surface area contributed by atoms with Gasteiger partial charge in [-0.1, -0.05) is 18.2 Å². The van der Waals surface area contributed by atoms with E-state index in [9.17, 15) is 4.79 Å². The van der Waals surface area contributed by atoms with E-state index in [4.69, 9.17) is 0 Å². The van der Waals surface area contributed by atoms with Crippen molar-refractivity contribution in [2.24, 2.45) is 0 Å². The fraction of sp³-hybridized carbons (Fsp3) is 0.476. The van der Waals surface area contributed by atoms with Crippen LogP contribution in [0.25, 0.3) is 5.69 Å². The molecule has 25 heavy (non-hydrogen) atoms. The maximum atomic E-state index is 12.9. The standard InChI is InChI=1S/C21H29N3O/c1-16-14-20(17(2)24(16)19-8-6-5-7-9-19)21(25)15-23-12-10-18(11-13-23)22(3)4/h5-9,14,18H,10-13,15H2,1-4H3. The summed E-state index contributed by atoms with van der Waals surface area (Å²) in [6, 6.07) is 12.9. The Hall–Kier alpha value is -1.91. The molecule has 0 bridgehead atoms. The van der Waals surface area contributed by atoms with Crippen molar-refractivity contribution in [3.05, 3.63) is 53.3 Å². The predicted octanol–water partition coefficient (Wildman–Crippen LogP) is 3.30. The molecule has 0 saturated carbocycles. The summed E-state index contributed by atoms with van der Waals surface area (Å²) < 4.78 is 2.17. The van der Waals surface area contributed by atoms with Crippen LogP contribution in [0.3, 0.4) is 0 Å². The fourth-order valence-electron chi connectivity index (χ4n) is 3.90. The minimum atomic E-state index is 0.235. The zero-order valence-corrected chi connectivity index (χ0v) is 15.8. The first-order valence-electron chi connectivity index (χ1n) is 9.13. The number of carbonyl (C=O) groups excluding carboxylic acids is 1. The quantitative estimate of drug-likeness (QED) is 0.783. The number of hydrogen-bond donors (Lipinski definition) is 0. The molecule has 4 nitrogen and oxygen atoms in total. The summed E-state index contributed by atoms with van der Waals surface area (Å²) in [4.78, 5) is 17.5. The van der Waals surface area contributed by atoms with Crippen LogP contribution in [0.1, 0.15) is 34.6 Å². The van der Waals surface area contributed by atoms with Crippen molar-refractivity contribution in [1.29, 1.82) is 0 Å². The van der Waals surface area contributed by atoms with Crippen LogP contribution in [0, 0.1) is 13.8 Å². The number of Topliss-reactive ketones (excluding diaryl/α,β-unsaturated/α-hetero) is 1. The molecule has 0 radical (unpaired) electrons. The number of aromatic nitrogens is 1. The van der Waals surface area contributed by atoms with Crippen molar-refractivity contribution in [1.82, 2.24) is 14.4 Å². The summed E-state index contributed by atoms with van der Waals surface area (Å²) in [5.74, 6) is 0.235. The highest BCUT2D eigenvalue weighted by molar-refractivity contribution is 5.99. The molecular weight excluding hydrogens is 310 g/mol. The molecule has 1 aliphatic heterocycles. The van der Waals surface area contributed by atoms with Gasteiger partial charge in [-0.15, -0.1) is 0 Å². The highest BCUT2D eigenvalue weighted by atomic mass is 16.1. The average Bonchev–Trinajstić information content (AvgIpc) is 2.90. The second kappa shape index (κ2) is 7.54. The van der Waals surface area contributed by atoms with Gasteiger partial charge in [0.1, 0.15) is 0 Å². The fourth-order valence-corrected chi connectivity index (χ4v) is 3.90. The van der Waals surface area contributed by atoms with Crippen molar-refractivity contribution in [2.45, 2.75) is 32.7 Å². The molecule has 0 amide bonds. The van der Waals surface area contributed by atoms with E-state index >= 15 is 0 Å². The lowest BCUT2D eigenvalue weighted by atomic mass is 10.0. The van der Waals surface area contributed by atoms with E-state index in [0.717, 1.165) is 48.6 Å². The lowest BCUT2D eigenvalue weighted by Gasteiger charge is -2.34. The van der Waals surface area contributed by atoms with Gasteiger partial charge in [-0.3, -0.25) is 9.69 Å². The van der Waals surface area contributed by atoms with Crippen molar-refractivity contribution in [3.8, 4) is 5.69 Å². The molecule has 0 N–H and O–H groups in total. The number of nitrogens with zero attached hydrogens (tertiary/aromatic N) is 3. The third-order valence-electron chi connectivity index (χ3n) is 5.40. The zero-order valence-electron chi connectivity index (χ0n) is 15.8. The van der Waals surface area contributed by atoms with E-state index in [1.54, 1.807) is 0 Å². The van der Waals surface area contributed by atoms with E-state index in [2.05, 4.69) is 47.5 Å². The summed E-state index contributed by atoms with van der Waals surface area (Å²) in [6.45, 7) is 6.65. The molecule has 134 valence electrons. The van der Waals surface area contributed by atoms with Gasteiger partial charge in [0.15, 0.2) is 5.78 Å². The summed E-state index contributed by atoms with van der Waals surface area (Å²) in [5, 5.41) is 0. The molecule has 0 spiro atoms. The Morgan fingerprint density at radius 3 is 2.36 bits per heavy atom. The summed E-state index contributed by atoms with van der Waals surface area (Å²) >= 11 is 0. The Morgan fingerprint density at radius 2 is 1.76 bits per heavy atom. The van der Waals surface area contributed by atoms with Gasteiger partial charge in [-0.2, -0.15) is 0 Å². The molecule has 0 aliphatic carbocycles. The van der Waals surface area contributed by atoms with Crippen molar-refractivity contribution in [2.75, 3.05) is 33.7 Å². The zero-order chi connectivity index (χ0) is 18.0. The summed E-state index contributed by atoms with van der Waals surface area (Å²) in [6.07, 6.45) is 2.28. The number of piperidine rings is 1. The van der Waals surface area contributed by atoms with Gasteiger partial charge in [-0.25, -0.2) is 0 Å². The van der Waals surface area contributed by atoms with Gasteiger partial charge in [0.05, 0.1) is 6.54 Å². The van der Waals surface area contributed by atoms with Crippen LogP contribution < -0.4 is 0 Å². The lowest BCUT2D eigenvalue weighted by Crippen LogP contribution is -2.43. The molecule has 0 atom stereocenters. The maximum absolute atomic E-state index is 12.9. The Kier molecular flexibility index (Phi) is 5.40. The van der Waals surface area contributed by atoms with Crippen molar-refractivity contribution >= 4 is 5.78 Å². The van der Waals surface area contributed by atoms with Crippen LogP contribution in [-0.4, -0.2) is 59.9 Å². The number of likely N-dealkylation sites (tertiary alicyclic amines) is 1. The van der Waals surface area contributed by atoms with Crippen LogP contribution in [0.2, 0.25) is 0 Å². The molecule has 0 unspecified atom stereocenters. The monoisotopic (exact) mass is 339 g/mol. The van der Waals surface area contributed by atoms with Crippen molar-refractivity contribution < 1.29 is 4.79 Å². The molecule has 4 heteroatoms.